The quantitative estimate of drug-likeness (QED) is 0.806. The lowest BCUT2D eigenvalue weighted by Crippen LogP contribution is -2.13. The summed E-state index contributed by atoms with van der Waals surface area (Å²) >= 11 is 0. The van der Waals surface area contributed by atoms with E-state index in [1.807, 2.05) is 0 Å². The molecule has 1 aromatic carbocycles. The number of nitrogens with one attached hydrogen (secondary N) is 1. The van der Waals surface area contributed by atoms with Gasteiger partial charge in [-0.25, -0.2) is 4.39 Å². The highest BCUT2D eigenvalue weighted by molar-refractivity contribution is 5.71. The number of H-pyrrole nitrogens is 1. The van der Waals surface area contributed by atoms with E-state index >= 15 is 0 Å². The molecule has 0 bridgehead atoms. The molecule has 1 heterocycles. The lowest BCUT2D eigenvalue weighted by Gasteiger charge is -2.06. The van der Waals surface area contributed by atoms with Gasteiger partial charge in [0.05, 0.1) is 0 Å². The Labute approximate surface area is 102 Å². The lowest BCUT2D eigenvalue weighted by molar-refractivity contribution is 0.469. The fourth-order valence-corrected chi connectivity index (χ4v) is 1.73. The minimum absolute atomic E-state index is 0.110. The molecule has 0 saturated carbocycles. The number of aromatic amines is 1. The van der Waals surface area contributed by atoms with E-state index in [1.54, 1.807) is 13.0 Å². The Morgan fingerprint density at radius 1 is 1.33 bits per heavy atom. The van der Waals surface area contributed by atoms with Gasteiger partial charge in [-0.3, -0.25) is 4.79 Å². The van der Waals surface area contributed by atoms with E-state index in [4.69, 9.17) is 10.4 Å². The van der Waals surface area contributed by atoms with Crippen molar-refractivity contribution in [2.75, 3.05) is 0 Å². The number of nitriles is 1. The van der Waals surface area contributed by atoms with E-state index in [0.29, 0.717) is 5.69 Å². The number of halogens is 1. The molecule has 4 nitrogen and oxygen atoms in total. The molecule has 0 aliphatic carbocycles. The topological polar surface area (TPSA) is 76.9 Å². The van der Waals surface area contributed by atoms with Crippen LogP contribution in [-0.4, -0.2) is 10.1 Å². The summed E-state index contributed by atoms with van der Waals surface area (Å²) in [5.41, 5.74) is 0.154. The van der Waals surface area contributed by atoms with Crippen LogP contribution in [0.25, 0.3) is 11.1 Å². The number of hydrogen-bond donors (Lipinski definition) is 2. The number of aromatic hydroxyl groups is 1. The average molecular weight is 244 g/mol. The summed E-state index contributed by atoms with van der Waals surface area (Å²) in [6.07, 6.45) is 0. The van der Waals surface area contributed by atoms with Gasteiger partial charge in [0.2, 0.25) is 0 Å². The minimum atomic E-state index is -0.684. The number of hydrogen-bond acceptors (Lipinski definition) is 3. The van der Waals surface area contributed by atoms with Crippen molar-refractivity contribution in [3.05, 3.63) is 51.7 Å². The van der Waals surface area contributed by atoms with Crippen LogP contribution < -0.4 is 5.56 Å². The van der Waals surface area contributed by atoms with Crippen LogP contribution in [0.1, 0.15) is 11.3 Å². The van der Waals surface area contributed by atoms with Gasteiger partial charge >= 0.3 is 0 Å². The number of aromatic nitrogens is 1. The third-order valence-electron chi connectivity index (χ3n) is 2.52. The molecule has 0 atom stereocenters. The first-order chi connectivity index (χ1) is 8.52. The van der Waals surface area contributed by atoms with Crippen molar-refractivity contribution in [1.29, 1.82) is 5.26 Å². The summed E-state index contributed by atoms with van der Waals surface area (Å²) in [6, 6.07) is 6.85. The fourth-order valence-electron chi connectivity index (χ4n) is 1.73. The Hall–Kier alpha value is -2.61. The van der Waals surface area contributed by atoms with Gasteiger partial charge in [0.1, 0.15) is 23.2 Å². The maximum absolute atomic E-state index is 13.7. The first-order valence-corrected chi connectivity index (χ1v) is 5.16. The van der Waals surface area contributed by atoms with E-state index in [-0.39, 0.29) is 22.4 Å². The minimum Gasteiger partial charge on any atom is -0.508 e. The molecule has 0 spiro atoms. The molecule has 0 aliphatic heterocycles. The van der Waals surface area contributed by atoms with Gasteiger partial charge in [-0.2, -0.15) is 5.26 Å². The van der Waals surface area contributed by atoms with Crippen LogP contribution in [0.2, 0.25) is 0 Å². The van der Waals surface area contributed by atoms with Crippen LogP contribution >= 0.6 is 0 Å². The van der Waals surface area contributed by atoms with Crippen molar-refractivity contribution in [3.63, 3.8) is 0 Å². The van der Waals surface area contributed by atoms with E-state index in [0.717, 1.165) is 6.07 Å². The molecule has 0 saturated heterocycles. The van der Waals surface area contributed by atoms with E-state index in [9.17, 15) is 9.18 Å². The van der Waals surface area contributed by atoms with Crippen LogP contribution in [0.3, 0.4) is 0 Å². The first-order valence-electron chi connectivity index (χ1n) is 5.16. The summed E-state index contributed by atoms with van der Waals surface area (Å²) in [6.45, 7) is 1.64. The second-order valence-corrected chi connectivity index (χ2v) is 3.85. The van der Waals surface area contributed by atoms with Gasteiger partial charge < -0.3 is 10.1 Å². The van der Waals surface area contributed by atoms with E-state index in [2.05, 4.69) is 4.98 Å². The van der Waals surface area contributed by atoms with Crippen molar-refractivity contribution in [3.8, 4) is 22.9 Å². The van der Waals surface area contributed by atoms with Gasteiger partial charge in [0, 0.05) is 22.9 Å². The molecular formula is C13H9FN2O2. The van der Waals surface area contributed by atoms with Gasteiger partial charge in [0.15, 0.2) is 0 Å². The van der Waals surface area contributed by atoms with Gasteiger partial charge in [-0.15, -0.1) is 0 Å². The average Bonchev–Trinajstić information content (AvgIpc) is 2.28. The van der Waals surface area contributed by atoms with E-state index < -0.39 is 11.4 Å². The molecule has 0 aliphatic rings. The van der Waals surface area contributed by atoms with Crippen LogP contribution in [-0.2, 0) is 0 Å². The molecule has 0 fully saturated rings. The van der Waals surface area contributed by atoms with Crippen molar-refractivity contribution in [2.24, 2.45) is 0 Å². The highest BCUT2D eigenvalue weighted by atomic mass is 19.1. The summed E-state index contributed by atoms with van der Waals surface area (Å²) in [7, 11) is 0. The predicted molar refractivity (Wildman–Crippen MR) is 63.6 cm³/mol. The predicted octanol–water partition coefficient (Wildman–Crippen LogP) is 2.07. The summed E-state index contributed by atoms with van der Waals surface area (Å²) in [4.78, 5) is 14.1. The number of benzene rings is 1. The highest BCUT2D eigenvalue weighted by Gasteiger charge is 2.14. The normalized spacial score (nSPS) is 10.1. The first kappa shape index (κ1) is 11.9. The van der Waals surface area contributed by atoms with Gasteiger partial charge in [-0.05, 0) is 25.1 Å². The third kappa shape index (κ3) is 1.96. The molecule has 18 heavy (non-hydrogen) atoms. The number of nitrogens with zero attached hydrogens (tertiary/aromatic N) is 1. The molecule has 90 valence electrons. The molecule has 0 unspecified atom stereocenters. The molecule has 2 N–H and O–H groups in total. The second-order valence-electron chi connectivity index (χ2n) is 3.85. The van der Waals surface area contributed by atoms with Crippen LogP contribution in [0.4, 0.5) is 4.39 Å². The summed E-state index contributed by atoms with van der Waals surface area (Å²) < 4.78 is 13.7. The molecule has 2 rings (SSSR count). The van der Waals surface area contributed by atoms with Crippen molar-refractivity contribution in [1.82, 2.24) is 4.98 Å². The SMILES string of the molecule is Cc1cc(-c2ccc(O)cc2F)c(C#N)c(=O)[nH]1. The number of aryl methyl sites for hydroxylation is 1. The smallest absolute Gasteiger partial charge is 0.266 e. The molecule has 0 radical (unpaired) electrons. The third-order valence-corrected chi connectivity index (χ3v) is 2.52. The zero-order valence-corrected chi connectivity index (χ0v) is 9.49. The summed E-state index contributed by atoms with van der Waals surface area (Å²) in [5, 5.41) is 18.1. The number of pyridine rings is 1. The van der Waals surface area contributed by atoms with Crippen molar-refractivity contribution in [2.45, 2.75) is 6.92 Å². The largest absolute Gasteiger partial charge is 0.508 e. The Bertz CT molecular complexity index is 714. The van der Waals surface area contributed by atoms with E-state index in [1.165, 1.54) is 18.2 Å². The fraction of sp³-hybridized carbons (Fsp3) is 0.0769. The summed E-state index contributed by atoms with van der Waals surface area (Å²) in [5.74, 6) is -0.896. The molecule has 5 heteroatoms. The Balaban J connectivity index is 2.79. The van der Waals surface area contributed by atoms with Crippen LogP contribution in [0.15, 0.2) is 29.1 Å². The van der Waals surface area contributed by atoms with Crippen molar-refractivity contribution >= 4 is 0 Å². The molecular weight excluding hydrogens is 235 g/mol. The number of rotatable bonds is 1. The van der Waals surface area contributed by atoms with Crippen LogP contribution in [0.5, 0.6) is 5.75 Å². The highest BCUT2D eigenvalue weighted by Crippen LogP contribution is 2.27. The molecule has 2 aromatic rings. The number of phenolic OH excluding ortho intramolecular Hbond substituents is 1. The standard InChI is InChI=1S/C13H9FN2O2/c1-7-4-10(11(6-15)13(18)16-7)9-3-2-8(17)5-12(9)14/h2-5,17H,1H3,(H,16,18). The van der Waals surface area contributed by atoms with Crippen LogP contribution in [0, 0.1) is 24.1 Å². The number of phenols is 1. The molecule has 1 aromatic heterocycles. The maximum atomic E-state index is 13.7. The second kappa shape index (κ2) is 4.34. The molecule has 0 amide bonds. The lowest BCUT2D eigenvalue weighted by atomic mass is 10.0. The maximum Gasteiger partial charge on any atom is 0.266 e. The Morgan fingerprint density at radius 3 is 2.67 bits per heavy atom. The van der Waals surface area contributed by atoms with Crippen molar-refractivity contribution < 1.29 is 9.50 Å². The Morgan fingerprint density at radius 2 is 2.06 bits per heavy atom. The van der Waals surface area contributed by atoms with Gasteiger partial charge in [-0.1, -0.05) is 0 Å². The zero-order valence-electron chi connectivity index (χ0n) is 9.49. The zero-order chi connectivity index (χ0) is 13.3. The van der Waals surface area contributed by atoms with Gasteiger partial charge in [0.25, 0.3) is 5.56 Å². The monoisotopic (exact) mass is 244 g/mol. The Kier molecular flexibility index (Phi) is 2.86.